The molecule has 1 spiro atoms. The van der Waals surface area contributed by atoms with E-state index in [0.717, 1.165) is 79.3 Å². The van der Waals surface area contributed by atoms with Crippen LogP contribution < -0.4 is 11.1 Å². The van der Waals surface area contributed by atoms with E-state index < -0.39 is 11.3 Å². The molecule has 1 aliphatic carbocycles. The average molecular weight is 451 g/mol. The van der Waals surface area contributed by atoms with Crippen LogP contribution in [0.1, 0.15) is 62.1 Å². The lowest BCUT2D eigenvalue weighted by molar-refractivity contribution is -0.125. The molecule has 2 aliphatic heterocycles. The van der Waals surface area contributed by atoms with Gasteiger partial charge in [0.2, 0.25) is 0 Å². The predicted octanol–water partition coefficient (Wildman–Crippen LogP) is 3.94. The molecule has 1 saturated carbocycles. The molecule has 2 fully saturated rings. The molecular formula is C26H34N4O3. The largest absolute Gasteiger partial charge is 0.417 e. The zero-order valence-electron chi connectivity index (χ0n) is 19.9. The quantitative estimate of drug-likeness (QED) is 0.738. The highest BCUT2D eigenvalue weighted by molar-refractivity contribution is 6.09. The Balaban J connectivity index is 1.21. The SMILES string of the molecule is Cc1cc2[nH]c(=O)oc2c(C)c1/C=C/CN1CCC2(CC1)N=C([C@H]1CC[C@H](C)CC1)NC2=O. The van der Waals surface area contributed by atoms with Crippen molar-refractivity contribution in [3.63, 3.8) is 0 Å². The number of amidine groups is 1. The molecule has 3 aliphatic rings. The van der Waals surface area contributed by atoms with Crippen LogP contribution in [-0.4, -0.2) is 46.8 Å². The molecule has 0 atom stereocenters. The lowest BCUT2D eigenvalue weighted by Crippen LogP contribution is -2.49. The van der Waals surface area contributed by atoms with Gasteiger partial charge in [-0.15, -0.1) is 0 Å². The number of nitrogens with one attached hydrogen (secondary N) is 2. The number of amides is 1. The van der Waals surface area contributed by atoms with Crippen molar-refractivity contribution in [1.82, 2.24) is 15.2 Å². The number of piperidine rings is 1. The van der Waals surface area contributed by atoms with Gasteiger partial charge < -0.3 is 9.73 Å². The number of oxazole rings is 1. The van der Waals surface area contributed by atoms with Gasteiger partial charge in [0, 0.05) is 31.1 Å². The van der Waals surface area contributed by atoms with Gasteiger partial charge in [-0.25, -0.2) is 4.79 Å². The van der Waals surface area contributed by atoms with Crippen molar-refractivity contribution in [2.45, 2.75) is 64.8 Å². The molecule has 176 valence electrons. The third-order valence-corrected chi connectivity index (χ3v) is 7.94. The van der Waals surface area contributed by atoms with Crippen molar-refractivity contribution in [2.75, 3.05) is 19.6 Å². The number of rotatable bonds is 4. The van der Waals surface area contributed by atoms with E-state index in [1.165, 1.54) is 12.8 Å². The highest BCUT2D eigenvalue weighted by Gasteiger charge is 2.46. The smallest absolute Gasteiger partial charge is 0.408 e. The summed E-state index contributed by atoms with van der Waals surface area (Å²) in [6, 6.07) is 1.96. The van der Waals surface area contributed by atoms with E-state index in [1.807, 2.05) is 19.9 Å². The minimum absolute atomic E-state index is 0.110. The number of hydrogen-bond donors (Lipinski definition) is 2. The standard InChI is InChI=1S/C26H34N4O3/c1-16-6-8-19(9-7-16)23-28-24(31)26(29-23)10-13-30(14-11-26)12-4-5-20-17(2)15-21-22(18(20)3)33-25(32)27-21/h4-5,15-16,19H,6-14H2,1-3H3,(H,27,32)(H,28,29,31)/b5-4+/t16-,19-. The van der Waals surface area contributed by atoms with Crippen LogP contribution in [0, 0.1) is 25.7 Å². The predicted molar refractivity (Wildman–Crippen MR) is 130 cm³/mol. The fourth-order valence-electron chi connectivity index (χ4n) is 5.72. The summed E-state index contributed by atoms with van der Waals surface area (Å²) in [6.45, 7) is 8.89. The van der Waals surface area contributed by atoms with Gasteiger partial charge in [-0.2, -0.15) is 0 Å². The number of hydrogen-bond acceptors (Lipinski definition) is 5. The molecule has 0 unspecified atom stereocenters. The summed E-state index contributed by atoms with van der Waals surface area (Å²) in [7, 11) is 0. The molecule has 5 rings (SSSR count). The van der Waals surface area contributed by atoms with Crippen LogP contribution in [0.2, 0.25) is 0 Å². The molecule has 2 aromatic rings. The Morgan fingerprint density at radius 2 is 1.91 bits per heavy atom. The highest BCUT2D eigenvalue weighted by atomic mass is 16.4. The number of aliphatic imine (C=N–C) groups is 1. The minimum atomic E-state index is -0.553. The van der Waals surface area contributed by atoms with Gasteiger partial charge in [0.1, 0.15) is 11.4 Å². The number of carbonyl (C=O) groups excluding carboxylic acids is 1. The number of aryl methyl sites for hydroxylation is 2. The molecule has 7 heteroatoms. The number of benzene rings is 1. The van der Waals surface area contributed by atoms with Crippen molar-refractivity contribution in [3.05, 3.63) is 39.4 Å². The number of H-pyrrole nitrogens is 1. The molecule has 7 nitrogen and oxygen atoms in total. The fourth-order valence-corrected chi connectivity index (χ4v) is 5.72. The van der Waals surface area contributed by atoms with E-state index in [4.69, 9.17) is 9.41 Å². The van der Waals surface area contributed by atoms with Crippen LogP contribution in [0.4, 0.5) is 0 Å². The molecule has 33 heavy (non-hydrogen) atoms. The van der Waals surface area contributed by atoms with Crippen molar-refractivity contribution >= 4 is 28.9 Å². The summed E-state index contributed by atoms with van der Waals surface area (Å²) < 4.78 is 5.31. The number of fused-ring (bicyclic) bond motifs is 1. The van der Waals surface area contributed by atoms with E-state index >= 15 is 0 Å². The van der Waals surface area contributed by atoms with Crippen LogP contribution in [0.5, 0.6) is 0 Å². The van der Waals surface area contributed by atoms with Crippen molar-refractivity contribution < 1.29 is 9.21 Å². The molecule has 0 bridgehead atoms. The summed E-state index contributed by atoms with van der Waals surface area (Å²) in [5.41, 5.74) is 3.98. The zero-order valence-corrected chi connectivity index (χ0v) is 19.9. The van der Waals surface area contributed by atoms with Gasteiger partial charge in [-0.3, -0.25) is 19.7 Å². The Morgan fingerprint density at radius 3 is 2.64 bits per heavy atom. The lowest BCUT2D eigenvalue weighted by Gasteiger charge is -2.35. The summed E-state index contributed by atoms with van der Waals surface area (Å²) >= 11 is 0. The molecule has 1 amide bonds. The maximum absolute atomic E-state index is 12.9. The number of carbonyl (C=O) groups is 1. The third-order valence-electron chi connectivity index (χ3n) is 7.94. The Morgan fingerprint density at radius 1 is 1.18 bits per heavy atom. The number of likely N-dealkylation sites (tertiary alicyclic amines) is 1. The first-order valence-electron chi connectivity index (χ1n) is 12.3. The molecule has 1 aromatic heterocycles. The first kappa shape index (κ1) is 22.1. The van der Waals surface area contributed by atoms with E-state index in [2.05, 4.69) is 34.3 Å². The topological polar surface area (TPSA) is 90.7 Å². The van der Waals surface area contributed by atoms with E-state index in [-0.39, 0.29) is 5.91 Å². The Bertz CT molecular complexity index is 1170. The first-order valence-corrected chi connectivity index (χ1v) is 12.3. The molecule has 2 N–H and O–H groups in total. The van der Waals surface area contributed by atoms with Gasteiger partial charge in [-0.1, -0.05) is 31.9 Å². The lowest BCUT2D eigenvalue weighted by atomic mass is 9.82. The Labute approximate surface area is 194 Å². The molecule has 1 aromatic carbocycles. The van der Waals surface area contributed by atoms with Crippen molar-refractivity contribution in [2.24, 2.45) is 16.8 Å². The monoisotopic (exact) mass is 450 g/mol. The van der Waals surface area contributed by atoms with Crippen molar-refractivity contribution in [3.8, 4) is 0 Å². The van der Waals surface area contributed by atoms with Gasteiger partial charge in [-0.05, 0) is 62.6 Å². The van der Waals surface area contributed by atoms with Crippen LogP contribution in [0.15, 0.2) is 26.3 Å². The average Bonchev–Trinajstić information content (AvgIpc) is 3.32. The van der Waals surface area contributed by atoms with Gasteiger partial charge >= 0.3 is 5.76 Å². The Kier molecular flexibility index (Phi) is 5.77. The molecule has 1 saturated heterocycles. The van der Waals surface area contributed by atoms with Crippen molar-refractivity contribution in [1.29, 1.82) is 0 Å². The second-order valence-corrected chi connectivity index (χ2v) is 10.3. The second kappa shape index (κ2) is 8.60. The second-order valence-electron chi connectivity index (χ2n) is 10.3. The third kappa shape index (κ3) is 4.19. The van der Waals surface area contributed by atoms with E-state index in [0.29, 0.717) is 11.5 Å². The van der Waals surface area contributed by atoms with Crippen LogP contribution in [-0.2, 0) is 4.79 Å². The Hall–Kier alpha value is -2.67. The van der Waals surface area contributed by atoms with Crippen LogP contribution >= 0.6 is 0 Å². The zero-order chi connectivity index (χ0) is 23.2. The normalized spacial score (nSPS) is 25.8. The fraction of sp³-hybridized carbons (Fsp3) is 0.577. The summed E-state index contributed by atoms with van der Waals surface area (Å²) in [4.78, 5) is 34.5. The number of aromatic nitrogens is 1. The summed E-state index contributed by atoms with van der Waals surface area (Å²) in [6.07, 6.45) is 10.6. The van der Waals surface area contributed by atoms with Gasteiger partial charge in [0.25, 0.3) is 5.91 Å². The maximum Gasteiger partial charge on any atom is 0.417 e. The summed E-state index contributed by atoms with van der Waals surface area (Å²) in [5, 5.41) is 3.15. The minimum Gasteiger partial charge on any atom is -0.408 e. The van der Waals surface area contributed by atoms with E-state index in [9.17, 15) is 9.59 Å². The molecule has 0 radical (unpaired) electrons. The van der Waals surface area contributed by atoms with Gasteiger partial charge in [0.05, 0.1) is 5.52 Å². The van der Waals surface area contributed by atoms with Crippen LogP contribution in [0.3, 0.4) is 0 Å². The van der Waals surface area contributed by atoms with E-state index in [1.54, 1.807) is 0 Å². The van der Waals surface area contributed by atoms with Crippen LogP contribution in [0.25, 0.3) is 17.2 Å². The number of nitrogens with zero attached hydrogens (tertiary/aromatic N) is 2. The summed E-state index contributed by atoms with van der Waals surface area (Å²) in [5.74, 6) is 1.87. The first-order chi connectivity index (χ1) is 15.8. The maximum atomic E-state index is 12.9. The molecular weight excluding hydrogens is 416 g/mol. The van der Waals surface area contributed by atoms with Gasteiger partial charge in [0.15, 0.2) is 5.58 Å². The number of aromatic amines is 1. The molecule has 3 heterocycles. The highest BCUT2D eigenvalue weighted by Crippen LogP contribution is 2.35.